The Morgan fingerprint density at radius 2 is 1.17 bits per heavy atom. The number of hydrogen-bond donors (Lipinski definition) is 8. The van der Waals surface area contributed by atoms with Gasteiger partial charge < -0.3 is 31.6 Å². The van der Waals surface area contributed by atoms with Crippen LogP contribution < -0.4 is 22.1 Å². The van der Waals surface area contributed by atoms with Crippen LogP contribution in [-0.4, -0.2) is 78.6 Å². The highest BCUT2D eigenvalue weighted by Crippen LogP contribution is 2.30. The molecule has 0 atom stereocenters. The number of hydrogen-bond acceptors (Lipinski definition) is 12. The summed E-state index contributed by atoms with van der Waals surface area (Å²) < 4.78 is 0. The topological polar surface area (TPSA) is 276 Å². The second-order valence-electron chi connectivity index (χ2n) is 16.0. The Bertz CT molecular complexity index is 2630. The zero-order chi connectivity index (χ0) is 45.2. The Morgan fingerprint density at radius 1 is 0.714 bits per heavy atom. The molecule has 4 aromatic heterocycles. The number of amides is 2. The second-order valence-corrected chi connectivity index (χ2v) is 17.7. The number of rotatable bonds is 18. The molecule has 63 heavy (non-hydrogen) atoms. The summed E-state index contributed by atoms with van der Waals surface area (Å²) in [5.41, 5.74) is 15.5. The van der Waals surface area contributed by atoms with Crippen LogP contribution in [0.25, 0.3) is 21.8 Å². The number of carboxylic acids is 2. The average molecular weight is 897 g/mol. The monoisotopic (exact) mass is 896 g/mol. The first-order valence-corrected chi connectivity index (χ1v) is 22.8. The lowest BCUT2D eigenvalue weighted by atomic mass is 9.85. The first-order chi connectivity index (χ1) is 30.3. The first kappa shape index (κ1) is 46.4. The van der Waals surface area contributed by atoms with Crippen molar-refractivity contribution in [3.05, 3.63) is 92.2 Å². The van der Waals surface area contributed by atoms with Crippen molar-refractivity contribution >= 4 is 90.1 Å². The number of aryl methyl sites for hydroxylation is 2. The predicted octanol–water partition coefficient (Wildman–Crippen LogP) is 8.31. The number of fused-ring (bicyclic) bond motifs is 2. The Balaban J connectivity index is 0.000000211. The van der Waals surface area contributed by atoms with Crippen molar-refractivity contribution in [3.8, 4) is 0 Å². The predicted molar refractivity (Wildman–Crippen MR) is 245 cm³/mol. The number of aromatic amines is 2. The van der Waals surface area contributed by atoms with Gasteiger partial charge in [0.25, 0.3) is 11.8 Å². The van der Waals surface area contributed by atoms with E-state index in [1.165, 1.54) is 41.9 Å². The van der Waals surface area contributed by atoms with Gasteiger partial charge in [-0.05, 0) is 98.1 Å². The second kappa shape index (κ2) is 21.3. The molecule has 18 heteroatoms. The van der Waals surface area contributed by atoms with E-state index in [0.717, 1.165) is 12.8 Å². The molecule has 2 aromatic carbocycles. The number of aromatic carboxylic acids is 2. The number of Topliss-reactive ketones (excluding diaryl/α,β-unsaturated/α-hetero) is 2. The van der Waals surface area contributed by atoms with Crippen LogP contribution in [0.3, 0.4) is 0 Å². The van der Waals surface area contributed by atoms with Crippen LogP contribution in [-0.2, 0) is 12.8 Å². The van der Waals surface area contributed by atoms with Crippen LogP contribution in [0.1, 0.15) is 145 Å². The van der Waals surface area contributed by atoms with Crippen LogP contribution in [0.2, 0.25) is 0 Å². The van der Waals surface area contributed by atoms with Crippen molar-refractivity contribution in [3.63, 3.8) is 0 Å². The molecule has 1 aliphatic rings. The number of carbonyl (C=O) groups excluding carboxylic acids is 4. The Hall–Kier alpha value is -6.08. The number of carbonyl (C=O) groups is 6. The van der Waals surface area contributed by atoms with E-state index in [-0.39, 0.29) is 40.7 Å². The molecule has 332 valence electrons. The lowest BCUT2D eigenvalue weighted by Gasteiger charge is -2.20. The fraction of sp³-hybridized carbons (Fsp3) is 0.378. The number of aromatic nitrogens is 4. The summed E-state index contributed by atoms with van der Waals surface area (Å²) in [6.07, 6.45) is 8.99. The molecule has 10 N–H and O–H groups in total. The Kier molecular flexibility index (Phi) is 15.7. The van der Waals surface area contributed by atoms with E-state index in [2.05, 4.69) is 30.6 Å². The lowest BCUT2D eigenvalue weighted by Crippen LogP contribution is -2.14. The molecule has 7 rings (SSSR count). The maximum Gasteiger partial charge on any atom is 0.352 e. The third-order valence-corrected chi connectivity index (χ3v) is 12.4. The summed E-state index contributed by atoms with van der Waals surface area (Å²) in [4.78, 5) is 87.8. The Morgan fingerprint density at radius 3 is 1.60 bits per heavy atom. The van der Waals surface area contributed by atoms with Gasteiger partial charge in [-0.1, -0.05) is 46.0 Å². The quantitative estimate of drug-likeness (QED) is 0.0378. The zero-order valence-electron chi connectivity index (χ0n) is 35.2. The molecule has 0 aliphatic heterocycles. The van der Waals surface area contributed by atoms with Crippen molar-refractivity contribution in [1.29, 1.82) is 0 Å². The van der Waals surface area contributed by atoms with Crippen molar-refractivity contribution in [2.45, 2.75) is 84.5 Å². The molecule has 0 bridgehead atoms. The highest BCUT2D eigenvalue weighted by molar-refractivity contribution is 7.14. The smallest absolute Gasteiger partial charge is 0.352 e. The summed E-state index contributed by atoms with van der Waals surface area (Å²) >= 11 is 2.42. The molecule has 0 saturated heterocycles. The van der Waals surface area contributed by atoms with Crippen LogP contribution in [0.5, 0.6) is 0 Å². The fourth-order valence-corrected chi connectivity index (χ4v) is 9.13. The third kappa shape index (κ3) is 11.7. The molecule has 0 radical (unpaired) electrons. The Labute approximate surface area is 371 Å². The fourth-order valence-electron chi connectivity index (χ4n) is 7.71. The number of benzene rings is 2. The maximum atomic E-state index is 12.8. The minimum atomic E-state index is -1.05. The summed E-state index contributed by atoms with van der Waals surface area (Å²) in [5, 5.41) is 29.9. The van der Waals surface area contributed by atoms with E-state index in [4.69, 9.17) is 11.5 Å². The van der Waals surface area contributed by atoms with E-state index in [9.17, 15) is 39.0 Å². The summed E-state index contributed by atoms with van der Waals surface area (Å²) in [7, 11) is 0. The van der Waals surface area contributed by atoms with Crippen LogP contribution in [0, 0.1) is 11.8 Å². The molecule has 2 amide bonds. The summed E-state index contributed by atoms with van der Waals surface area (Å²) in [5.74, 6) is -2.20. The van der Waals surface area contributed by atoms with Gasteiger partial charge in [-0.3, -0.25) is 29.8 Å². The summed E-state index contributed by atoms with van der Waals surface area (Å²) in [6.45, 7) is 4.80. The van der Waals surface area contributed by atoms with Crippen molar-refractivity contribution in [1.82, 2.24) is 19.9 Å². The van der Waals surface area contributed by atoms with Gasteiger partial charge in [-0.25, -0.2) is 19.6 Å². The van der Waals surface area contributed by atoms with E-state index < -0.39 is 11.9 Å². The van der Waals surface area contributed by atoms with Crippen molar-refractivity contribution in [2.75, 3.05) is 23.7 Å². The largest absolute Gasteiger partial charge is 0.477 e. The van der Waals surface area contributed by atoms with Crippen molar-refractivity contribution in [2.24, 2.45) is 23.3 Å². The van der Waals surface area contributed by atoms with Gasteiger partial charge in [-0.15, -0.1) is 22.7 Å². The van der Waals surface area contributed by atoms with Gasteiger partial charge in [0.1, 0.15) is 22.8 Å². The van der Waals surface area contributed by atoms with Gasteiger partial charge in [0.2, 0.25) is 0 Å². The van der Waals surface area contributed by atoms with E-state index in [0.29, 0.717) is 123 Å². The molecule has 1 aliphatic carbocycles. The number of nitrogens with two attached hydrogens (primary N) is 2. The normalized spacial score (nSPS) is 12.9. The van der Waals surface area contributed by atoms with Gasteiger partial charge in [0.15, 0.2) is 21.8 Å². The molecule has 16 nitrogen and oxygen atoms in total. The standard InChI is InChI=1S/C24H28N4O4S.C21H24N4O4S/c25-10-4-7-16-17-12-15(8-9-18(17)26-21(16)23(31)32)22(30)28-24-27-19(13-33-24)20(29)11-14-5-2-1-3-6-14;1-11(2)8-17(26)16-10-30-21(24-16)25-19(27)12-5-6-15-14(9-12)13(4-3-7-22)18(23-15)20(28)29/h8-9,12-14,26H,1-7,10-11,25H2,(H,31,32)(H,27,28,30);5-6,9-11,23H,3-4,7-8,22H2,1-2H3,(H,28,29)(H,24,25,27). The number of ketones is 2. The van der Waals surface area contributed by atoms with Crippen LogP contribution in [0.4, 0.5) is 10.3 Å². The lowest BCUT2D eigenvalue weighted by molar-refractivity contribution is 0.0679. The average Bonchev–Trinajstić information content (AvgIpc) is 4.07. The molecule has 1 fully saturated rings. The molecular formula is C45H52N8O8S2. The SMILES string of the molecule is CC(C)CC(=O)c1csc(NC(=O)c2ccc3[nH]c(C(=O)O)c(CCCN)c3c2)n1.NCCCc1c(C(=O)O)[nH]c2ccc(C(=O)Nc3nc(C(=O)CC4CCCCC4)cs3)cc12. The number of nitrogens with zero attached hydrogens (tertiary/aromatic N) is 2. The molecule has 0 unspecified atom stereocenters. The maximum absolute atomic E-state index is 12.8. The van der Waals surface area contributed by atoms with Gasteiger partial charge in [-0.2, -0.15) is 0 Å². The molecule has 6 aromatic rings. The number of H-pyrrole nitrogens is 2. The molecule has 0 spiro atoms. The first-order valence-electron chi connectivity index (χ1n) is 21.0. The minimum absolute atomic E-state index is 0.0261. The number of thiazole rings is 2. The number of carboxylic acid groups (broad SMARTS) is 2. The van der Waals surface area contributed by atoms with E-state index in [1.807, 2.05) is 13.8 Å². The van der Waals surface area contributed by atoms with E-state index in [1.54, 1.807) is 47.2 Å². The molecule has 1 saturated carbocycles. The number of nitrogens with one attached hydrogen (secondary N) is 4. The highest BCUT2D eigenvalue weighted by atomic mass is 32.1. The highest BCUT2D eigenvalue weighted by Gasteiger charge is 2.23. The number of anilines is 2. The van der Waals surface area contributed by atoms with Crippen LogP contribution in [0.15, 0.2) is 47.2 Å². The van der Waals surface area contributed by atoms with Gasteiger partial charge in [0, 0.05) is 56.5 Å². The molecule has 4 heterocycles. The summed E-state index contributed by atoms with van der Waals surface area (Å²) in [6, 6.07) is 9.98. The van der Waals surface area contributed by atoms with E-state index >= 15 is 0 Å². The van der Waals surface area contributed by atoms with Gasteiger partial charge >= 0.3 is 11.9 Å². The van der Waals surface area contributed by atoms with Crippen LogP contribution >= 0.6 is 22.7 Å². The minimum Gasteiger partial charge on any atom is -0.477 e. The third-order valence-electron chi connectivity index (χ3n) is 10.8. The van der Waals surface area contributed by atoms with Crippen molar-refractivity contribution < 1.29 is 39.0 Å². The molecular weight excluding hydrogens is 845 g/mol. The van der Waals surface area contributed by atoms with Gasteiger partial charge in [0.05, 0.1) is 0 Å². The zero-order valence-corrected chi connectivity index (χ0v) is 36.8.